The second-order valence-electron chi connectivity index (χ2n) is 5.66. The van der Waals surface area contributed by atoms with E-state index in [4.69, 9.17) is 10.7 Å². The van der Waals surface area contributed by atoms with Crippen molar-refractivity contribution in [2.75, 3.05) is 20.1 Å². The summed E-state index contributed by atoms with van der Waals surface area (Å²) in [7, 11) is 2.17. The van der Waals surface area contributed by atoms with Gasteiger partial charge in [-0.25, -0.2) is 9.97 Å². The first-order valence-electron chi connectivity index (χ1n) is 6.40. The summed E-state index contributed by atoms with van der Waals surface area (Å²) >= 11 is 0. The zero-order chi connectivity index (χ0) is 12.0. The zero-order valence-corrected chi connectivity index (χ0v) is 10.6. The minimum Gasteiger partial charge on any atom is -0.319 e. The summed E-state index contributed by atoms with van der Waals surface area (Å²) in [6.45, 7) is 4.31. The van der Waals surface area contributed by atoms with Gasteiger partial charge in [0.05, 0.1) is 5.54 Å². The third-order valence-electron chi connectivity index (χ3n) is 3.92. The SMILES string of the molecule is Cc1cc(C2CCN(C)C2)nc(C2(N)CC2)n1. The largest absolute Gasteiger partial charge is 0.319 e. The predicted molar refractivity (Wildman–Crippen MR) is 66.7 cm³/mol. The van der Waals surface area contributed by atoms with Crippen LogP contribution in [-0.2, 0) is 5.54 Å². The molecule has 1 unspecified atom stereocenters. The van der Waals surface area contributed by atoms with Gasteiger partial charge < -0.3 is 10.6 Å². The highest BCUT2D eigenvalue weighted by Gasteiger charge is 2.43. The molecule has 0 bridgehead atoms. The van der Waals surface area contributed by atoms with Crippen molar-refractivity contribution in [1.82, 2.24) is 14.9 Å². The van der Waals surface area contributed by atoms with E-state index in [-0.39, 0.29) is 5.54 Å². The fraction of sp³-hybridized carbons (Fsp3) is 0.692. The van der Waals surface area contributed by atoms with E-state index in [9.17, 15) is 0 Å². The van der Waals surface area contributed by atoms with Crippen LogP contribution in [0.25, 0.3) is 0 Å². The van der Waals surface area contributed by atoms with Crippen molar-refractivity contribution in [3.8, 4) is 0 Å². The Kier molecular flexibility index (Phi) is 2.45. The van der Waals surface area contributed by atoms with Gasteiger partial charge in [-0.05, 0) is 45.8 Å². The molecule has 2 aliphatic rings. The van der Waals surface area contributed by atoms with E-state index in [1.807, 2.05) is 6.92 Å². The molecule has 3 rings (SSSR count). The summed E-state index contributed by atoms with van der Waals surface area (Å²) in [5.41, 5.74) is 8.22. The molecular formula is C13H20N4. The quantitative estimate of drug-likeness (QED) is 0.831. The number of likely N-dealkylation sites (tertiary alicyclic amines) is 1. The summed E-state index contributed by atoms with van der Waals surface area (Å²) in [4.78, 5) is 11.6. The molecular weight excluding hydrogens is 212 g/mol. The molecule has 0 spiro atoms. The standard InChI is InChI=1S/C13H20N4/c1-9-7-11(10-3-6-17(2)8-10)16-12(15-9)13(14)4-5-13/h7,10H,3-6,8,14H2,1-2H3. The Labute approximate surface area is 102 Å². The molecule has 1 aliphatic heterocycles. The summed E-state index contributed by atoms with van der Waals surface area (Å²) in [5.74, 6) is 1.42. The summed E-state index contributed by atoms with van der Waals surface area (Å²) in [6.07, 6.45) is 3.25. The highest BCUT2D eigenvalue weighted by atomic mass is 15.1. The molecule has 1 aliphatic carbocycles. The Hall–Kier alpha value is -1.00. The lowest BCUT2D eigenvalue weighted by Crippen LogP contribution is -2.24. The molecule has 0 amide bonds. The van der Waals surface area contributed by atoms with Gasteiger partial charge in [0.2, 0.25) is 0 Å². The second-order valence-corrected chi connectivity index (χ2v) is 5.66. The first-order chi connectivity index (χ1) is 8.07. The summed E-state index contributed by atoms with van der Waals surface area (Å²) in [6, 6.07) is 2.12. The molecule has 92 valence electrons. The predicted octanol–water partition coefficient (Wildman–Crippen LogP) is 1.15. The van der Waals surface area contributed by atoms with Crippen LogP contribution in [0.2, 0.25) is 0 Å². The number of likely N-dealkylation sites (N-methyl/N-ethyl adjacent to an activating group) is 1. The second kappa shape index (κ2) is 3.75. The molecule has 4 heteroatoms. The Balaban J connectivity index is 1.92. The number of hydrogen-bond acceptors (Lipinski definition) is 4. The average Bonchev–Trinajstić information content (AvgIpc) is 2.88. The summed E-state index contributed by atoms with van der Waals surface area (Å²) in [5, 5.41) is 0. The average molecular weight is 232 g/mol. The maximum Gasteiger partial charge on any atom is 0.148 e. The van der Waals surface area contributed by atoms with Crippen molar-refractivity contribution < 1.29 is 0 Å². The third-order valence-corrected chi connectivity index (χ3v) is 3.92. The molecule has 1 aromatic rings. The van der Waals surface area contributed by atoms with Crippen molar-refractivity contribution in [3.05, 3.63) is 23.3 Å². The third kappa shape index (κ3) is 2.07. The number of hydrogen-bond donors (Lipinski definition) is 1. The van der Waals surface area contributed by atoms with Crippen molar-refractivity contribution in [2.24, 2.45) is 5.73 Å². The molecule has 2 heterocycles. The van der Waals surface area contributed by atoms with E-state index < -0.39 is 0 Å². The van der Waals surface area contributed by atoms with Gasteiger partial charge in [0.15, 0.2) is 0 Å². The first kappa shape index (κ1) is 11.1. The van der Waals surface area contributed by atoms with Crippen LogP contribution in [0.1, 0.15) is 42.4 Å². The fourth-order valence-electron chi connectivity index (χ4n) is 2.56. The molecule has 1 saturated carbocycles. The maximum absolute atomic E-state index is 6.20. The normalized spacial score (nSPS) is 27.4. The number of aryl methyl sites for hydroxylation is 1. The lowest BCUT2D eigenvalue weighted by atomic mass is 10.0. The molecule has 0 radical (unpaired) electrons. The smallest absolute Gasteiger partial charge is 0.148 e. The Morgan fingerprint density at radius 3 is 2.76 bits per heavy atom. The Morgan fingerprint density at radius 1 is 1.41 bits per heavy atom. The van der Waals surface area contributed by atoms with E-state index in [0.717, 1.165) is 37.4 Å². The number of nitrogens with zero attached hydrogens (tertiary/aromatic N) is 3. The van der Waals surface area contributed by atoms with Crippen LogP contribution in [-0.4, -0.2) is 35.0 Å². The Bertz CT molecular complexity index is 439. The minimum absolute atomic E-state index is 0.217. The minimum atomic E-state index is -0.217. The van der Waals surface area contributed by atoms with Crippen LogP contribution >= 0.6 is 0 Å². The van der Waals surface area contributed by atoms with Crippen molar-refractivity contribution >= 4 is 0 Å². The van der Waals surface area contributed by atoms with Gasteiger partial charge in [-0.3, -0.25) is 0 Å². The molecule has 1 atom stereocenters. The van der Waals surface area contributed by atoms with Crippen molar-refractivity contribution in [3.63, 3.8) is 0 Å². The zero-order valence-electron chi connectivity index (χ0n) is 10.6. The van der Waals surface area contributed by atoms with E-state index in [1.54, 1.807) is 0 Å². The lowest BCUT2D eigenvalue weighted by molar-refractivity contribution is 0.410. The van der Waals surface area contributed by atoms with E-state index in [1.165, 1.54) is 12.1 Å². The van der Waals surface area contributed by atoms with E-state index in [0.29, 0.717) is 5.92 Å². The van der Waals surface area contributed by atoms with Crippen LogP contribution in [0.5, 0.6) is 0 Å². The van der Waals surface area contributed by atoms with Crippen molar-refractivity contribution in [2.45, 2.75) is 37.6 Å². The van der Waals surface area contributed by atoms with Crippen LogP contribution in [0.15, 0.2) is 6.07 Å². The van der Waals surface area contributed by atoms with Gasteiger partial charge in [0.1, 0.15) is 5.82 Å². The highest BCUT2D eigenvalue weighted by molar-refractivity contribution is 5.22. The maximum atomic E-state index is 6.20. The van der Waals surface area contributed by atoms with Crippen LogP contribution in [0, 0.1) is 6.92 Å². The number of rotatable bonds is 2. The molecule has 2 N–H and O–H groups in total. The van der Waals surface area contributed by atoms with Gasteiger partial charge in [-0.2, -0.15) is 0 Å². The highest BCUT2D eigenvalue weighted by Crippen LogP contribution is 2.41. The molecule has 0 aromatic carbocycles. The van der Waals surface area contributed by atoms with Gasteiger partial charge in [-0.15, -0.1) is 0 Å². The van der Waals surface area contributed by atoms with Crippen molar-refractivity contribution in [1.29, 1.82) is 0 Å². The van der Waals surface area contributed by atoms with Gasteiger partial charge >= 0.3 is 0 Å². The molecule has 4 nitrogen and oxygen atoms in total. The van der Waals surface area contributed by atoms with Crippen LogP contribution in [0.4, 0.5) is 0 Å². The summed E-state index contributed by atoms with van der Waals surface area (Å²) < 4.78 is 0. The first-order valence-corrected chi connectivity index (χ1v) is 6.40. The lowest BCUT2D eigenvalue weighted by Gasteiger charge is -2.14. The van der Waals surface area contributed by atoms with Crippen LogP contribution in [0.3, 0.4) is 0 Å². The van der Waals surface area contributed by atoms with Gasteiger partial charge in [0.25, 0.3) is 0 Å². The Morgan fingerprint density at radius 2 is 2.18 bits per heavy atom. The van der Waals surface area contributed by atoms with Gasteiger partial charge in [0, 0.05) is 23.9 Å². The molecule has 2 fully saturated rings. The fourth-order valence-corrected chi connectivity index (χ4v) is 2.56. The molecule has 1 aromatic heterocycles. The van der Waals surface area contributed by atoms with Gasteiger partial charge in [-0.1, -0.05) is 0 Å². The van der Waals surface area contributed by atoms with E-state index >= 15 is 0 Å². The number of nitrogens with two attached hydrogens (primary N) is 1. The monoisotopic (exact) mass is 232 g/mol. The van der Waals surface area contributed by atoms with E-state index in [2.05, 4.69) is 23.0 Å². The molecule has 17 heavy (non-hydrogen) atoms. The number of aromatic nitrogens is 2. The topological polar surface area (TPSA) is 55.0 Å². The molecule has 1 saturated heterocycles. The van der Waals surface area contributed by atoms with Crippen LogP contribution < -0.4 is 5.73 Å².